The number of anilines is 1. The molecule has 2 aromatic rings. The first-order chi connectivity index (χ1) is 10.2. The van der Waals surface area contributed by atoms with Crippen molar-refractivity contribution in [2.75, 3.05) is 5.73 Å². The van der Waals surface area contributed by atoms with Crippen LogP contribution in [0.1, 0.15) is 17.4 Å². The van der Waals surface area contributed by atoms with Gasteiger partial charge in [0.05, 0.1) is 11.4 Å². The highest BCUT2D eigenvalue weighted by Gasteiger charge is 2.38. The van der Waals surface area contributed by atoms with Gasteiger partial charge in [0.15, 0.2) is 0 Å². The van der Waals surface area contributed by atoms with Gasteiger partial charge in [0.25, 0.3) is 5.91 Å². The number of halogens is 3. The molecule has 2 rings (SSSR count). The fourth-order valence-corrected chi connectivity index (χ4v) is 1.78. The van der Waals surface area contributed by atoms with Crippen molar-refractivity contribution >= 4 is 11.6 Å². The van der Waals surface area contributed by atoms with E-state index in [4.69, 9.17) is 5.73 Å². The molecular formula is C12H13F3N6O. The Balaban J connectivity index is 2.33. The van der Waals surface area contributed by atoms with E-state index in [0.29, 0.717) is 5.69 Å². The van der Waals surface area contributed by atoms with Crippen LogP contribution in [0.25, 0.3) is 11.4 Å². The number of nitrogen functional groups attached to an aromatic ring is 1. The molecule has 0 aliphatic heterocycles. The van der Waals surface area contributed by atoms with E-state index in [1.807, 2.05) is 5.32 Å². The molecule has 0 aliphatic carbocycles. The van der Waals surface area contributed by atoms with Crippen LogP contribution in [-0.2, 0) is 7.05 Å². The molecule has 0 spiro atoms. The largest absolute Gasteiger partial charge is 0.408 e. The average molecular weight is 314 g/mol. The molecule has 0 fully saturated rings. The van der Waals surface area contributed by atoms with E-state index >= 15 is 0 Å². The standard InChI is InChI=1S/C12H13F3N6O/c1-6(12(13,14)15)19-11(22)10-8(16)9(20-21(10)2)7-3-4-17-5-18-7/h3-6H,16H2,1-2H3,(H,19,22)/t6-/m0/s1. The fourth-order valence-electron chi connectivity index (χ4n) is 1.78. The van der Waals surface area contributed by atoms with E-state index in [1.165, 1.54) is 25.6 Å². The molecule has 0 unspecified atom stereocenters. The Morgan fingerprint density at radius 2 is 2.14 bits per heavy atom. The monoisotopic (exact) mass is 314 g/mol. The van der Waals surface area contributed by atoms with Gasteiger partial charge in [-0.2, -0.15) is 18.3 Å². The molecule has 7 nitrogen and oxygen atoms in total. The molecule has 1 amide bonds. The first kappa shape index (κ1) is 15.7. The minimum Gasteiger partial charge on any atom is -0.395 e. The number of carbonyl (C=O) groups is 1. The van der Waals surface area contributed by atoms with Crippen LogP contribution in [0.4, 0.5) is 18.9 Å². The van der Waals surface area contributed by atoms with Crippen LogP contribution in [0.3, 0.4) is 0 Å². The highest BCUT2D eigenvalue weighted by Crippen LogP contribution is 2.26. The zero-order chi connectivity index (χ0) is 16.5. The maximum Gasteiger partial charge on any atom is 0.408 e. The van der Waals surface area contributed by atoms with Crippen molar-refractivity contribution in [1.29, 1.82) is 0 Å². The van der Waals surface area contributed by atoms with Gasteiger partial charge in [-0.05, 0) is 13.0 Å². The van der Waals surface area contributed by atoms with Crippen molar-refractivity contribution in [3.63, 3.8) is 0 Å². The lowest BCUT2D eigenvalue weighted by atomic mass is 10.2. The number of hydrogen-bond donors (Lipinski definition) is 2. The average Bonchev–Trinajstić information content (AvgIpc) is 2.74. The van der Waals surface area contributed by atoms with Crippen LogP contribution >= 0.6 is 0 Å². The molecule has 0 saturated heterocycles. The van der Waals surface area contributed by atoms with Gasteiger partial charge in [0, 0.05) is 13.2 Å². The smallest absolute Gasteiger partial charge is 0.395 e. The molecule has 0 aromatic carbocycles. The lowest BCUT2D eigenvalue weighted by Crippen LogP contribution is -2.43. The quantitative estimate of drug-likeness (QED) is 0.885. The summed E-state index contributed by atoms with van der Waals surface area (Å²) in [5.74, 6) is -0.961. The maximum atomic E-state index is 12.5. The summed E-state index contributed by atoms with van der Waals surface area (Å²) in [4.78, 5) is 19.7. The number of rotatable bonds is 3. The maximum absolute atomic E-state index is 12.5. The van der Waals surface area contributed by atoms with Crippen LogP contribution in [0.5, 0.6) is 0 Å². The van der Waals surface area contributed by atoms with E-state index in [2.05, 4.69) is 15.1 Å². The number of nitrogens with zero attached hydrogens (tertiary/aromatic N) is 4. The Bertz CT molecular complexity index is 682. The summed E-state index contributed by atoms with van der Waals surface area (Å²) in [5.41, 5.74) is 6.20. The SMILES string of the molecule is C[C@H](NC(=O)c1c(N)c(-c2ccncn2)nn1C)C(F)(F)F. The number of alkyl halides is 3. The second kappa shape index (κ2) is 5.62. The zero-order valence-electron chi connectivity index (χ0n) is 11.7. The zero-order valence-corrected chi connectivity index (χ0v) is 11.7. The molecule has 3 N–H and O–H groups in total. The van der Waals surface area contributed by atoms with Gasteiger partial charge in [0.1, 0.15) is 23.8 Å². The van der Waals surface area contributed by atoms with Crippen molar-refractivity contribution in [3.05, 3.63) is 24.3 Å². The number of hydrogen-bond acceptors (Lipinski definition) is 5. The van der Waals surface area contributed by atoms with Crippen molar-refractivity contribution in [3.8, 4) is 11.4 Å². The van der Waals surface area contributed by atoms with Crippen molar-refractivity contribution in [2.24, 2.45) is 7.05 Å². The van der Waals surface area contributed by atoms with Crippen LogP contribution in [0.15, 0.2) is 18.6 Å². The molecule has 22 heavy (non-hydrogen) atoms. The number of aryl methyl sites for hydroxylation is 1. The highest BCUT2D eigenvalue weighted by atomic mass is 19.4. The second-order valence-corrected chi connectivity index (χ2v) is 4.57. The first-order valence-electron chi connectivity index (χ1n) is 6.18. The van der Waals surface area contributed by atoms with Gasteiger partial charge in [-0.1, -0.05) is 0 Å². The van der Waals surface area contributed by atoms with Crippen molar-refractivity contribution in [2.45, 2.75) is 19.1 Å². The Labute approximate surface area is 123 Å². The van der Waals surface area contributed by atoms with E-state index in [0.717, 1.165) is 11.6 Å². The summed E-state index contributed by atoms with van der Waals surface area (Å²) in [5, 5.41) is 5.88. The third-order valence-corrected chi connectivity index (χ3v) is 2.96. The van der Waals surface area contributed by atoms with E-state index in [-0.39, 0.29) is 17.1 Å². The number of carbonyl (C=O) groups excluding carboxylic acids is 1. The summed E-state index contributed by atoms with van der Waals surface area (Å²) in [6, 6.07) is -0.476. The molecular weight excluding hydrogens is 301 g/mol. The molecule has 0 radical (unpaired) electrons. The summed E-state index contributed by atoms with van der Waals surface area (Å²) in [6.45, 7) is 0.843. The van der Waals surface area contributed by atoms with Gasteiger partial charge in [-0.3, -0.25) is 9.48 Å². The molecule has 2 aromatic heterocycles. The van der Waals surface area contributed by atoms with Gasteiger partial charge >= 0.3 is 6.18 Å². The molecule has 0 bridgehead atoms. The van der Waals surface area contributed by atoms with Gasteiger partial charge in [-0.25, -0.2) is 9.97 Å². The normalized spacial score (nSPS) is 13.0. The minimum absolute atomic E-state index is 0.0481. The van der Waals surface area contributed by atoms with Crippen LogP contribution in [0, 0.1) is 0 Å². The van der Waals surface area contributed by atoms with Crippen molar-refractivity contribution < 1.29 is 18.0 Å². The summed E-state index contributed by atoms with van der Waals surface area (Å²) >= 11 is 0. The number of nitrogens with two attached hydrogens (primary N) is 1. The number of aromatic nitrogens is 4. The van der Waals surface area contributed by atoms with E-state index in [9.17, 15) is 18.0 Å². The Morgan fingerprint density at radius 1 is 1.45 bits per heavy atom. The first-order valence-corrected chi connectivity index (χ1v) is 6.18. The lowest BCUT2D eigenvalue weighted by Gasteiger charge is -2.17. The second-order valence-electron chi connectivity index (χ2n) is 4.57. The van der Waals surface area contributed by atoms with Crippen LogP contribution in [-0.4, -0.2) is 37.9 Å². The summed E-state index contributed by atoms with van der Waals surface area (Å²) in [7, 11) is 1.41. The van der Waals surface area contributed by atoms with Crippen LogP contribution < -0.4 is 11.1 Å². The minimum atomic E-state index is -4.54. The fraction of sp³-hybridized carbons (Fsp3) is 0.333. The Morgan fingerprint density at radius 3 is 2.68 bits per heavy atom. The number of amides is 1. The van der Waals surface area contributed by atoms with Gasteiger partial charge in [-0.15, -0.1) is 0 Å². The van der Waals surface area contributed by atoms with Crippen LogP contribution in [0.2, 0.25) is 0 Å². The Hall–Kier alpha value is -2.65. The third kappa shape index (κ3) is 3.00. The summed E-state index contributed by atoms with van der Waals surface area (Å²) < 4.78 is 38.6. The molecule has 10 heteroatoms. The predicted octanol–water partition coefficient (Wildman–Crippen LogP) is 1.14. The van der Waals surface area contributed by atoms with Crippen molar-refractivity contribution in [1.82, 2.24) is 25.1 Å². The number of nitrogens with one attached hydrogen (secondary N) is 1. The summed E-state index contributed by atoms with van der Waals surface area (Å²) in [6.07, 6.45) is -1.81. The predicted molar refractivity (Wildman–Crippen MR) is 71.6 cm³/mol. The van der Waals surface area contributed by atoms with Gasteiger partial charge in [0.2, 0.25) is 0 Å². The topological polar surface area (TPSA) is 98.7 Å². The van der Waals surface area contributed by atoms with E-state index in [1.54, 1.807) is 0 Å². The van der Waals surface area contributed by atoms with E-state index < -0.39 is 18.1 Å². The third-order valence-electron chi connectivity index (χ3n) is 2.96. The highest BCUT2D eigenvalue weighted by molar-refractivity contribution is 6.00. The molecule has 0 saturated carbocycles. The molecule has 118 valence electrons. The van der Waals surface area contributed by atoms with Gasteiger partial charge < -0.3 is 11.1 Å². The molecule has 1 atom stereocenters. The lowest BCUT2D eigenvalue weighted by molar-refractivity contribution is -0.149. The molecule has 2 heterocycles. The Kier molecular flexibility index (Phi) is 4.02. The molecule has 0 aliphatic rings.